The summed E-state index contributed by atoms with van der Waals surface area (Å²) in [6.45, 7) is 5.46. The van der Waals surface area contributed by atoms with E-state index in [1.807, 2.05) is 24.3 Å². The molecule has 0 saturated heterocycles. The smallest absolute Gasteiger partial charge is 0.126 e. The van der Waals surface area contributed by atoms with Crippen LogP contribution in [0.2, 0.25) is 0 Å². The number of allylic oxidation sites excluding steroid dienone is 2. The zero-order valence-corrected chi connectivity index (χ0v) is 12.6. The van der Waals surface area contributed by atoms with Crippen molar-refractivity contribution in [3.63, 3.8) is 0 Å². The van der Waals surface area contributed by atoms with Crippen LogP contribution in [0.15, 0.2) is 48.5 Å². The maximum absolute atomic E-state index is 5.90. The second-order valence-corrected chi connectivity index (χ2v) is 5.15. The molecule has 0 radical (unpaired) electrons. The Hall–Kier alpha value is -2.22. The van der Waals surface area contributed by atoms with Crippen LogP contribution in [0.5, 0.6) is 11.5 Å². The van der Waals surface area contributed by atoms with Crippen molar-refractivity contribution in [1.29, 1.82) is 0 Å². The molecule has 1 heterocycles. The summed E-state index contributed by atoms with van der Waals surface area (Å²) in [7, 11) is 0. The van der Waals surface area contributed by atoms with E-state index in [2.05, 4.69) is 38.1 Å². The van der Waals surface area contributed by atoms with Crippen LogP contribution in [-0.4, -0.2) is 13.2 Å². The molecule has 0 saturated carbocycles. The van der Waals surface area contributed by atoms with Gasteiger partial charge in [-0.25, -0.2) is 0 Å². The van der Waals surface area contributed by atoms with Gasteiger partial charge in [-0.15, -0.1) is 0 Å². The van der Waals surface area contributed by atoms with Crippen LogP contribution in [0.25, 0.3) is 11.1 Å². The van der Waals surface area contributed by atoms with Gasteiger partial charge in [-0.05, 0) is 36.6 Å². The molecule has 2 nitrogen and oxygen atoms in total. The maximum Gasteiger partial charge on any atom is 0.126 e. The second-order valence-electron chi connectivity index (χ2n) is 5.15. The average molecular weight is 280 g/mol. The first-order valence-corrected chi connectivity index (χ1v) is 7.45. The zero-order valence-electron chi connectivity index (χ0n) is 12.6. The molecule has 0 aliphatic carbocycles. The molecule has 108 valence electrons. The van der Waals surface area contributed by atoms with Crippen LogP contribution in [0, 0.1) is 0 Å². The van der Waals surface area contributed by atoms with Gasteiger partial charge in [0.05, 0.1) is 0 Å². The Kier molecular flexibility index (Phi) is 3.96. The van der Waals surface area contributed by atoms with Crippen molar-refractivity contribution in [2.24, 2.45) is 0 Å². The zero-order chi connectivity index (χ0) is 14.7. The molecule has 3 rings (SSSR count). The highest BCUT2D eigenvalue weighted by atomic mass is 16.5. The lowest BCUT2D eigenvalue weighted by molar-refractivity contribution is 0.216. The van der Waals surface area contributed by atoms with E-state index in [-0.39, 0.29) is 0 Å². The lowest BCUT2D eigenvalue weighted by Crippen LogP contribution is -2.12. The van der Waals surface area contributed by atoms with Gasteiger partial charge >= 0.3 is 0 Å². The third-order valence-corrected chi connectivity index (χ3v) is 3.91. The van der Waals surface area contributed by atoms with E-state index < -0.39 is 0 Å². The molecular weight excluding hydrogens is 260 g/mol. The van der Waals surface area contributed by atoms with E-state index in [0.29, 0.717) is 13.2 Å². The Balaban J connectivity index is 2.24. The molecule has 0 aromatic heterocycles. The molecular formula is C19H20O2. The predicted molar refractivity (Wildman–Crippen MR) is 86.7 cm³/mol. The molecule has 1 aliphatic heterocycles. The molecule has 21 heavy (non-hydrogen) atoms. The van der Waals surface area contributed by atoms with Gasteiger partial charge in [0.2, 0.25) is 0 Å². The van der Waals surface area contributed by atoms with Gasteiger partial charge in [0.25, 0.3) is 0 Å². The molecule has 0 bridgehead atoms. The lowest BCUT2D eigenvalue weighted by atomic mass is 9.93. The summed E-state index contributed by atoms with van der Waals surface area (Å²) in [5.74, 6) is 1.88. The largest absolute Gasteiger partial charge is 0.489 e. The molecule has 0 fully saturated rings. The first kappa shape index (κ1) is 13.7. The van der Waals surface area contributed by atoms with Crippen LogP contribution in [0.4, 0.5) is 0 Å². The number of hydrogen-bond donors (Lipinski definition) is 0. The van der Waals surface area contributed by atoms with Gasteiger partial charge in [-0.2, -0.15) is 0 Å². The number of fused-ring (bicyclic) bond motifs is 2. The first-order valence-electron chi connectivity index (χ1n) is 7.45. The molecule has 2 aromatic rings. The highest BCUT2D eigenvalue weighted by Gasteiger charge is 2.15. The molecule has 0 N–H and O–H groups in total. The van der Waals surface area contributed by atoms with Gasteiger partial charge in [0, 0.05) is 11.1 Å². The van der Waals surface area contributed by atoms with Crippen LogP contribution in [0.1, 0.15) is 31.4 Å². The number of benzene rings is 2. The van der Waals surface area contributed by atoms with Crippen molar-refractivity contribution in [3.8, 4) is 11.5 Å². The summed E-state index contributed by atoms with van der Waals surface area (Å²) in [6.07, 6.45) is 0.959. The minimum Gasteiger partial charge on any atom is -0.489 e. The van der Waals surface area contributed by atoms with E-state index in [0.717, 1.165) is 17.9 Å². The van der Waals surface area contributed by atoms with Crippen molar-refractivity contribution in [1.82, 2.24) is 0 Å². The normalized spacial score (nSPS) is 18.0. The van der Waals surface area contributed by atoms with Gasteiger partial charge in [0.1, 0.15) is 24.7 Å². The SMILES string of the molecule is CC/C1=C(\C)c2ccccc2OCCOc2ccccc21. The molecule has 1 aliphatic rings. The quantitative estimate of drug-likeness (QED) is 0.747. The van der Waals surface area contributed by atoms with Crippen molar-refractivity contribution >= 4 is 11.1 Å². The van der Waals surface area contributed by atoms with E-state index in [1.165, 1.54) is 22.3 Å². The van der Waals surface area contributed by atoms with Gasteiger partial charge in [-0.3, -0.25) is 0 Å². The second kappa shape index (κ2) is 6.04. The summed E-state index contributed by atoms with van der Waals surface area (Å²) in [6, 6.07) is 16.5. The fourth-order valence-electron chi connectivity index (χ4n) is 2.87. The van der Waals surface area contributed by atoms with Crippen molar-refractivity contribution < 1.29 is 9.47 Å². The predicted octanol–water partition coefficient (Wildman–Crippen LogP) is 4.80. The maximum atomic E-state index is 5.90. The number of rotatable bonds is 1. The highest BCUT2D eigenvalue weighted by Crippen LogP contribution is 2.37. The molecule has 0 amide bonds. The van der Waals surface area contributed by atoms with Crippen molar-refractivity contribution in [2.45, 2.75) is 20.3 Å². The molecule has 2 aromatic carbocycles. The summed E-state index contributed by atoms with van der Waals surface area (Å²) in [4.78, 5) is 0. The lowest BCUT2D eigenvalue weighted by Gasteiger charge is -2.20. The third-order valence-electron chi connectivity index (χ3n) is 3.91. The monoisotopic (exact) mass is 280 g/mol. The number of para-hydroxylation sites is 2. The first-order chi connectivity index (χ1) is 10.3. The van der Waals surface area contributed by atoms with Crippen LogP contribution in [-0.2, 0) is 0 Å². The topological polar surface area (TPSA) is 18.5 Å². The number of hydrogen-bond acceptors (Lipinski definition) is 2. The molecule has 0 atom stereocenters. The fraction of sp³-hybridized carbons (Fsp3) is 0.263. The third kappa shape index (κ3) is 2.66. The minimum atomic E-state index is 0.556. The van der Waals surface area contributed by atoms with Crippen LogP contribution < -0.4 is 9.47 Å². The standard InChI is InChI=1S/C19H20O2/c1-3-15-14(2)16-8-4-6-10-18(16)20-12-13-21-19-11-7-5-9-17(15)19/h4-11H,3,12-13H2,1-2H3/b15-14-. The summed E-state index contributed by atoms with van der Waals surface area (Å²) >= 11 is 0. The minimum absolute atomic E-state index is 0.556. The van der Waals surface area contributed by atoms with E-state index in [1.54, 1.807) is 0 Å². The Morgan fingerprint density at radius 1 is 0.810 bits per heavy atom. The van der Waals surface area contributed by atoms with E-state index >= 15 is 0 Å². The van der Waals surface area contributed by atoms with Crippen LogP contribution in [0.3, 0.4) is 0 Å². The van der Waals surface area contributed by atoms with Crippen molar-refractivity contribution in [3.05, 3.63) is 59.7 Å². The Bertz CT molecular complexity index is 671. The fourth-order valence-corrected chi connectivity index (χ4v) is 2.87. The van der Waals surface area contributed by atoms with Crippen molar-refractivity contribution in [2.75, 3.05) is 13.2 Å². The Morgan fingerprint density at radius 2 is 1.33 bits per heavy atom. The summed E-state index contributed by atoms with van der Waals surface area (Å²) in [5, 5.41) is 0. The summed E-state index contributed by atoms with van der Waals surface area (Å²) < 4.78 is 11.8. The Labute approximate surface area is 126 Å². The van der Waals surface area contributed by atoms with Crippen LogP contribution >= 0.6 is 0 Å². The summed E-state index contributed by atoms with van der Waals surface area (Å²) in [5.41, 5.74) is 4.93. The highest BCUT2D eigenvalue weighted by molar-refractivity contribution is 5.92. The molecule has 2 heteroatoms. The van der Waals surface area contributed by atoms with E-state index in [4.69, 9.17) is 9.47 Å². The van der Waals surface area contributed by atoms with Gasteiger partial charge < -0.3 is 9.47 Å². The number of ether oxygens (including phenoxy) is 2. The molecule has 0 unspecified atom stereocenters. The van der Waals surface area contributed by atoms with Gasteiger partial charge in [0.15, 0.2) is 0 Å². The average Bonchev–Trinajstić information content (AvgIpc) is 2.53. The Morgan fingerprint density at radius 3 is 1.95 bits per heavy atom. The molecule has 0 spiro atoms. The van der Waals surface area contributed by atoms with Gasteiger partial charge in [-0.1, -0.05) is 43.3 Å². The van der Waals surface area contributed by atoms with E-state index in [9.17, 15) is 0 Å².